The molecule has 0 N–H and O–H groups in total. The molecule has 0 atom stereocenters. The van der Waals surface area contributed by atoms with E-state index in [9.17, 15) is 0 Å². The second kappa shape index (κ2) is 21.2. The third-order valence-electron chi connectivity index (χ3n) is 17.3. The predicted molar refractivity (Wildman–Crippen MR) is 354 cm³/mol. The minimum absolute atomic E-state index is 0. The van der Waals surface area contributed by atoms with Crippen LogP contribution in [0.5, 0.6) is 11.5 Å². The molecule has 10 aromatic carbocycles. The first-order valence-corrected chi connectivity index (χ1v) is 31.4. The van der Waals surface area contributed by atoms with Gasteiger partial charge in [-0.05, 0) is 90.2 Å². The molecule has 5 nitrogen and oxygen atoms in total. The number of nitrogens with zero attached hydrogens (tertiary/aromatic N) is 4. The molecule has 0 spiro atoms. The molecule has 422 valence electrons. The van der Waals surface area contributed by atoms with Gasteiger partial charge in [0.25, 0.3) is 0 Å². The van der Waals surface area contributed by atoms with Gasteiger partial charge in [-0.2, -0.15) is 6.07 Å². The van der Waals surface area contributed by atoms with Crippen LogP contribution in [-0.4, -0.2) is 17.6 Å². The number of fused-ring (bicyclic) bond motifs is 8. The van der Waals surface area contributed by atoms with Crippen LogP contribution in [0.25, 0.3) is 61.0 Å². The van der Waals surface area contributed by atoms with Crippen molar-refractivity contribution in [2.24, 2.45) is 0 Å². The van der Waals surface area contributed by atoms with Crippen LogP contribution in [0, 0.1) is 18.8 Å². The molecule has 0 saturated carbocycles. The number of para-hydroxylation sites is 4. The van der Waals surface area contributed by atoms with Crippen LogP contribution in [0.1, 0.15) is 79.0 Å². The molecular formula is C78H67N4OPtSi-3. The molecule has 2 aliphatic heterocycles. The summed E-state index contributed by atoms with van der Waals surface area (Å²) in [4.78, 5) is 9.82. The Hall–Kier alpha value is -8.54. The molecule has 0 bridgehead atoms. The molecule has 7 heteroatoms. The van der Waals surface area contributed by atoms with E-state index in [2.05, 4.69) is 320 Å². The van der Waals surface area contributed by atoms with E-state index in [0.29, 0.717) is 11.5 Å². The first-order chi connectivity index (χ1) is 40.6. The van der Waals surface area contributed by atoms with Crippen molar-refractivity contribution in [2.75, 3.05) is 9.80 Å². The van der Waals surface area contributed by atoms with Crippen molar-refractivity contribution in [2.45, 2.75) is 78.6 Å². The molecule has 0 amide bonds. The Kier molecular flexibility index (Phi) is 13.9. The molecule has 0 unspecified atom stereocenters. The Morgan fingerprint density at radius 2 is 1.04 bits per heavy atom. The van der Waals surface area contributed by atoms with Gasteiger partial charge >= 0.3 is 0 Å². The van der Waals surface area contributed by atoms with Gasteiger partial charge in [0, 0.05) is 72.5 Å². The number of hydrogen-bond donors (Lipinski definition) is 0. The molecular weight excluding hydrogens is 1230 g/mol. The van der Waals surface area contributed by atoms with Crippen molar-refractivity contribution in [3.05, 3.63) is 272 Å². The second-order valence-corrected chi connectivity index (χ2v) is 29.4. The molecule has 0 radical (unpaired) electrons. The third-order valence-corrected chi connectivity index (χ3v) is 22.2. The Balaban J connectivity index is 0.00000672. The van der Waals surface area contributed by atoms with Gasteiger partial charge in [0.15, 0.2) is 8.07 Å². The van der Waals surface area contributed by atoms with Gasteiger partial charge in [-0.25, -0.2) is 4.98 Å². The molecule has 2 aromatic heterocycles. The molecule has 0 fully saturated rings. The van der Waals surface area contributed by atoms with Crippen LogP contribution in [0.3, 0.4) is 0 Å². The quantitative estimate of drug-likeness (QED) is 0.107. The SMILES string of the molecule is CC(C)(C)c1cc(-c2cccc(-c3ccccc3)c2N2[CH-]N(c3[c-]c(Oc4[c-]c5c(c6c4-c4ccccc4[Si]6(c4ccccc4)c4ccccc4)c4ccccc4n5-c4cc(C(C)(C)C)ccn4)ccc3)c3ccccc32)cc(C(C)(C)C)c1.[Pt]. The molecule has 12 aromatic rings. The van der Waals surface area contributed by atoms with Gasteiger partial charge in [-0.15, -0.1) is 47.2 Å². The zero-order valence-electron chi connectivity index (χ0n) is 49.6. The fourth-order valence-electron chi connectivity index (χ4n) is 13.0. The monoisotopic (exact) mass is 1300 g/mol. The maximum Gasteiger partial charge on any atom is 0.156 e. The van der Waals surface area contributed by atoms with Crippen molar-refractivity contribution in [3.63, 3.8) is 0 Å². The van der Waals surface area contributed by atoms with E-state index < -0.39 is 8.07 Å². The standard InChI is InChI=1S/C78H67N4OSi.Pt/c1-76(2,3)54-43-44-79-71(48-54)82-65-39-21-19-35-63(65)72-68(82)50-69(73-64-36-20-24-42-70(64)84(75(72)73,59-31-15-11-16-32-59)60-33-17-12-18-34-60)83-58-30-25-29-57(49-58)80-51-81(67-41-23-22-40-66(67)80)74-61(52-27-13-10-14-28-52)37-26-38-62(74)53-45-55(77(4,5)6)47-56(46-53)78(7,8)9;/h10-48,51H,1-9H3;/q-3;. The van der Waals surface area contributed by atoms with Crippen LogP contribution in [0.2, 0.25) is 0 Å². The number of aromatic nitrogens is 2. The summed E-state index contributed by atoms with van der Waals surface area (Å²) < 4.78 is 9.89. The normalized spacial score (nSPS) is 13.6. The van der Waals surface area contributed by atoms with Crippen LogP contribution >= 0.6 is 0 Å². The summed E-state index contributed by atoms with van der Waals surface area (Å²) >= 11 is 0. The molecule has 0 saturated heterocycles. The van der Waals surface area contributed by atoms with Crippen LogP contribution in [0.15, 0.2) is 237 Å². The minimum atomic E-state index is -3.14. The summed E-state index contributed by atoms with van der Waals surface area (Å²) in [6, 6.07) is 92.4. The Labute approximate surface area is 516 Å². The molecule has 14 rings (SSSR count). The van der Waals surface area contributed by atoms with E-state index in [1.54, 1.807) is 0 Å². The van der Waals surface area contributed by atoms with E-state index in [-0.39, 0.29) is 37.3 Å². The molecule has 4 heterocycles. The average molecular weight is 1300 g/mol. The van der Waals surface area contributed by atoms with Gasteiger partial charge in [0.05, 0.1) is 0 Å². The fraction of sp³-hybridized carbons (Fsp3) is 0.154. The largest absolute Gasteiger partial charge is 0.509 e. The third kappa shape index (κ3) is 9.37. The minimum Gasteiger partial charge on any atom is -0.509 e. The predicted octanol–water partition coefficient (Wildman–Crippen LogP) is 17.6. The van der Waals surface area contributed by atoms with E-state index in [1.807, 2.05) is 12.3 Å². The summed E-state index contributed by atoms with van der Waals surface area (Å²) in [6.45, 7) is 22.9. The van der Waals surface area contributed by atoms with E-state index in [1.165, 1.54) is 48.4 Å². The van der Waals surface area contributed by atoms with Gasteiger partial charge in [-0.1, -0.05) is 266 Å². The van der Waals surface area contributed by atoms with Crippen LogP contribution in [0.4, 0.5) is 22.7 Å². The second-order valence-electron chi connectivity index (χ2n) is 25.7. The van der Waals surface area contributed by atoms with Gasteiger partial charge in [0.2, 0.25) is 0 Å². The maximum absolute atomic E-state index is 7.57. The summed E-state index contributed by atoms with van der Waals surface area (Å²) in [5.41, 5.74) is 16.5. The molecule has 85 heavy (non-hydrogen) atoms. The van der Waals surface area contributed by atoms with Gasteiger partial charge in [0.1, 0.15) is 5.82 Å². The zero-order valence-corrected chi connectivity index (χ0v) is 52.9. The maximum atomic E-state index is 7.57. The zero-order chi connectivity index (χ0) is 57.7. The Morgan fingerprint density at radius 1 is 0.482 bits per heavy atom. The van der Waals surface area contributed by atoms with Gasteiger partial charge in [-0.3, -0.25) is 0 Å². The van der Waals surface area contributed by atoms with E-state index in [4.69, 9.17) is 9.72 Å². The van der Waals surface area contributed by atoms with E-state index in [0.717, 1.165) is 72.8 Å². The molecule has 0 aliphatic carbocycles. The first-order valence-electron chi connectivity index (χ1n) is 29.4. The first kappa shape index (κ1) is 55.6. The van der Waals surface area contributed by atoms with Gasteiger partial charge < -0.3 is 19.1 Å². The van der Waals surface area contributed by atoms with Crippen molar-refractivity contribution in [3.8, 4) is 50.7 Å². The molecule has 2 aliphatic rings. The van der Waals surface area contributed by atoms with Crippen molar-refractivity contribution in [1.29, 1.82) is 0 Å². The Morgan fingerprint density at radius 3 is 1.69 bits per heavy atom. The number of anilines is 4. The number of pyridine rings is 1. The summed E-state index contributed by atoms with van der Waals surface area (Å²) in [7, 11) is -3.14. The number of hydrogen-bond acceptors (Lipinski definition) is 4. The number of benzene rings is 10. The van der Waals surface area contributed by atoms with Crippen LogP contribution < -0.4 is 35.3 Å². The van der Waals surface area contributed by atoms with E-state index >= 15 is 0 Å². The summed E-state index contributed by atoms with van der Waals surface area (Å²) in [5.74, 6) is 2.07. The van der Waals surface area contributed by atoms with Crippen molar-refractivity contribution < 1.29 is 25.8 Å². The van der Waals surface area contributed by atoms with Crippen molar-refractivity contribution >= 4 is 73.4 Å². The average Bonchev–Trinajstić information content (AvgIpc) is 1.54. The number of rotatable bonds is 9. The smallest absolute Gasteiger partial charge is 0.156 e. The van der Waals surface area contributed by atoms with Crippen molar-refractivity contribution in [1.82, 2.24) is 9.55 Å². The van der Waals surface area contributed by atoms with Crippen LogP contribution in [-0.2, 0) is 37.3 Å². The summed E-state index contributed by atoms with van der Waals surface area (Å²) in [5, 5.41) is 7.55. The fourth-order valence-corrected chi connectivity index (χ4v) is 18.4. The topological polar surface area (TPSA) is 33.5 Å². The summed E-state index contributed by atoms with van der Waals surface area (Å²) in [6.07, 6.45) is 1.95. The number of ether oxygens (including phenoxy) is 1. The Bertz CT molecular complexity index is 4440.